The molecular formula is C11H15N3O3. The largest absolute Gasteiger partial charge is 0.496 e. The van der Waals surface area contributed by atoms with Crippen LogP contribution in [0.1, 0.15) is 17.3 Å². The summed E-state index contributed by atoms with van der Waals surface area (Å²) in [4.78, 5) is 22.5. The van der Waals surface area contributed by atoms with Gasteiger partial charge in [0.2, 0.25) is 5.91 Å². The highest BCUT2D eigenvalue weighted by Gasteiger charge is 2.12. The van der Waals surface area contributed by atoms with E-state index in [0.29, 0.717) is 11.4 Å². The van der Waals surface area contributed by atoms with Crippen molar-refractivity contribution < 1.29 is 14.3 Å². The number of nitrogens with two attached hydrogens (primary N) is 2. The van der Waals surface area contributed by atoms with Crippen LogP contribution in [0, 0.1) is 0 Å². The fourth-order valence-corrected chi connectivity index (χ4v) is 1.23. The number of carbonyl (C=O) groups is 2. The Morgan fingerprint density at radius 2 is 2.06 bits per heavy atom. The molecule has 6 heteroatoms. The Kier molecular flexibility index (Phi) is 4.06. The van der Waals surface area contributed by atoms with Gasteiger partial charge in [0.1, 0.15) is 5.75 Å². The minimum atomic E-state index is -0.630. The van der Waals surface area contributed by atoms with Gasteiger partial charge in [-0.05, 0) is 25.1 Å². The van der Waals surface area contributed by atoms with Crippen molar-refractivity contribution in [2.24, 2.45) is 11.5 Å². The quantitative estimate of drug-likeness (QED) is 0.689. The number of methoxy groups -OCH3 is 1. The van der Waals surface area contributed by atoms with Crippen LogP contribution in [-0.2, 0) is 4.79 Å². The second-order valence-electron chi connectivity index (χ2n) is 3.56. The average molecular weight is 237 g/mol. The summed E-state index contributed by atoms with van der Waals surface area (Å²) < 4.78 is 4.98. The molecule has 0 radical (unpaired) electrons. The molecule has 6 nitrogen and oxygen atoms in total. The predicted molar refractivity (Wildman–Crippen MR) is 63.8 cm³/mol. The number of rotatable bonds is 4. The molecule has 1 atom stereocenters. The monoisotopic (exact) mass is 237 g/mol. The van der Waals surface area contributed by atoms with Crippen molar-refractivity contribution in [2.75, 3.05) is 12.4 Å². The highest BCUT2D eigenvalue weighted by molar-refractivity contribution is 5.99. The summed E-state index contributed by atoms with van der Waals surface area (Å²) in [5.74, 6) is -0.611. The van der Waals surface area contributed by atoms with Crippen LogP contribution < -0.4 is 21.5 Å². The van der Waals surface area contributed by atoms with Gasteiger partial charge in [-0.25, -0.2) is 0 Å². The Balaban J connectivity index is 3.00. The van der Waals surface area contributed by atoms with E-state index >= 15 is 0 Å². The van der Waals surface area contributed by atoms with E-state index in [1.54, 1.807) is 19.1 Å². The Morgan fingerprint density at radius 3 is 2.53 bits per heavy atom. The zero-order valence-electron chi connectivity index (χ0n) is 9.69. The van der Waals surface area contributed by atoms with Crippen LogP contribution in [0.15, 0.2) is 18.2 Å². The second-order valence-corrected chi connectivity index (χ2v) is 3.56. The van der Waals surface area contributed by atoms with Gasteiger partial charge >= 0.3 is 0 Å². The third-order valence-corrected chi connectivity index (χ3v) is 2.15. The molecule has 0 aliphatic rings. The molecule has 1 rings (SSSR count). The van der Waals surface area contributed by atoms with Gasteiger partial charge in [-0.2, -0.15) is 0 Å². The molecule has 0 fully saturated rings. The van der Waals surface area contributed by atoms with Gasteiger partial charge in [-0.15, -0.1) is 0 Å². The van der Waals surface area contributed by atoms with E-state index in [9.17, 15) is 9.59 Å². The number of hydrogen-bond donors (Lipinski definition) is 3. The maximum atomic E-state index is 11.4. The predicted octanol–water partition coefficient (Wildman–Crippen LogP) is 0.0798. The molecule has 0 unspecified atom stereocenters. The van der Waals surface area contributed by atoms with E-state index in [0.717, 1.165) is 0 Å². The Labute approximate surface area is 98.9 Å². The maximum Gasteiger partial charge on any atom is 0.252 e. The average Bonchev–Trinajstić information content (AvgIpc) is 2.28. The van der Waals surface area contributed by atoms with Gasteiger partial charge < -0.3 is 21.5 Å². The number of anilines is 1. The number of ether oxygens (including phenoxy) is 1. The Bertz CT molecular complexity index is 444. The lowest BCUT2D eigenvalue weighted by atomic mass is 10.1. The molecular weight excluding hydrogens is 222 g/mol. The Hall–Kier alpha value is -2.08. The number of amides is 2. The van der Waals surface area contributed by atoms with E-state index in [1.165, 1.54) is 13.2 Å². The van der Waals surface area contributed by atoms with Crippen molar-refractivity contribution in [1.29, 1.82) is 0 Å². The molecule has 1 aromatic rings. The first-order valence-electron chi connectivity index (χ1n) is 5.00. The van der Waals surface area contributed by atoms with Crippen molar-refractivity contribution in [1.82, 2.24) is 0 Å². The SMILES string of the molecule is COc1ccc(NC(=O)[C@H](C)N)cc1C(N)=O. The lowest BCUT2D eigenvalue weighted by molar-refractivity contribution is -0.117. The molecule has 0 saturated heterocycles. The highest BCUT2D eigenvalue weighted by Crippen LogP contribution is 2.22. The number of primary amides is 1. The number of benzene rings is 1. The standard InChI is InChI=1S/C11H15N3O3/c1-6(12)11(16)14-7-3-4-9(17-2)8(5-7)10(13)15/h3-6H,12H2,1-2H3,(H2,13,15)(H,14,16)/t6-/m0/s1. The molecule has 0 aliphatic carbocycles. The first kappa shape index (κ1) is 13.0. The minimum Gasteiger partial charge on any atom is -0.496 e. The molecule has 0 spiro atoms. The summed E-state index contributed by atoms with van der Waals surface area (Å²) in [5, 5.41) is 2.56. The topological polar surface area (TPSA) is 107 Å². The highest BCUT2D eigenvalue weighted by atomic mass is 16.5. The molecule has 0 heterocycles. The smallest absolute Gasteiger partial charge is 0.252 e. The lowest BCUT2D eigenvalue weighted by Gasteiger charge is -2.10. The molecule has 1 aromatic carbocycles. The van der Waals surface area contributed by atoms with Crippen molar-refractivity contribution >= 4 is 17.5 Å². The fourth-order valence-electron chi connectivity index (χ4n) is 1.23. The van der Waals surface area contributed by atoms with E-state index in [2.05, 4.69) is 5.32 Å². The fraction of sp³-hybridized carbons (Fsp3) is 0.273. The second kappa shape index (κ2) is 5.31. The summed E-state index contributed by atoms with van der Waals surface area (Å²) in [6, 6.07) is 3.97. The summed E-state index contributed by atoms with van der Waals surface area (Å²) >= 11 is 0. The summed E-state index contributed by atoms with van der Waals surface area (Å²) in [7, 11) is 1.43. The molecule has 0 saturated carbocycles. The van der Waals surface area contributed by atoms with Crippen LogP contribution in [0.25, 0.3) is 0 Å². The van der Waals surface area contributed by atoms with Crippen molar-refractivity contribution in [3.8, 4) is 5.75 Å². The van der Waals surface area contributed by atoms with E-state index < -0.39 is 11.9 Å². The first-order chi connectivity index (χ1) is 7.95. The zero-order chi connectivity index (χ0) is 13.0. The zero-order valence-corrected chi connectivity index (χ0v) is 9.69. The van der Waals surface area contributed by atoms with E-state index in [4.69, 9.17) is 16.2 Å². The Morgan fingerprint density at radius 1 is 1.41 bits per heavy atom. The van der Waals surface area contributed by atoms with Gasteiger partial charge in [0.25, 0.3) is 5.91 Å². The van der Waals surface area contributed by atoms with Crippen LogP contribution in [-0.4, -0.2) is 25.0 Å². The molecule has 0 aromatic heterocycles. The van der Waals surface area contributed by atoms with Crippen molar-refractivity contribution in [3.05, 3.63) is 23.8 Å². The van der Waals surface area contributed by atoms with Crippen LogP contribution in [0.2, 0.25) is 0 Å². The number of hydrogen-bond acceptors (Lipinski definition) is 4. The number of carbonyl (C=O) groups excluding carboxylic acids is 2. The van der Waals surface area contributed by atoms with Gasteiger partial charge in [0.05, 0.1) is 18.7 Å². The minimum absolute atomic E-state index is 0.204. The van der Waals surface area contributed by atoms with Gasteiger partial charge in [0, 0.05) is 5.69 Å². The molecule has 92 valence electrons. The molecule has 0 aliphatic heterocycles. The third-order valence-electron chi connectivity index (χ3n) is 2.15. The summed E-state index contributed by atoms with van der Waals surface area (Å²) in [6.45, 7) is 1.56. The van der Waals surface area contributed by atoms with E-state index in [1.807, 2.05) is 0 Å². The van der Waals surface area contributed by atoms with Crippen LogP contribution in [0.5, 0.6) is 5.75 Å². The molecule has 0 bridgehead atoms. The third kappa shape index (κ3) is 3.18. The van der Waals surface area contributed by atoms with E-state index in [-0.39, 0.29) is 11.5 Å². The van der Waals surface area contributed by atoms with Crippen LogP contribution in [0.4, 0.5) is 5.69 Å². The van der Waals surface area contributed by atoms with Crippen molar-refractivity contribution in [2.45, 2.75) is 13.0 Å². The van der Waals surface area contributed by atoms with Crippen LogP contribution >= 0.6 is 0 Å². The van der Waals surface area contributed by atoms with Gasteiger partial charge in [-0.3, -0.25) is 9.59 Å². The van der Waals surface area contributed by atoms with Crippen molar-refractivity contribution in [3.63, 3.8) is 0 Å². The number of nitrogens with one attached hydrogen (secondary N) is 1. The lowest BCUT2D eigenvalue weighted by Crippen LogP contribution is -2.32. The molecule has 5 N–H and O–H groups in total. The maximum absolute atomic E-state index is 11.4. The normalized spacial score (nSPS) is 11.7. The summed E-state index contributed by atoms with van der Waals surface area (Å²) in [6.07, 6.45) is 0. The first-order valence-corrected chi connectivity index (χ1v) is 5.00. The summed E-state index contributed by atoms with van der Waals surface area (Å²) in [5.41, 5.74) is 11.3. The van der Waals surface area contributed by atoms with Crippen LogP contribution in [0.3, 0.4) is 0 Å². The molecule has 17 heavy (non-hydrogen) atoms. The van der Waals surface area contributed by atoms with Gasteiger partial charge in [-0.1, -0.05) is 0 Å². The van der Waals surface area contributed by atoms with Gasteiger partial charge in [0.15, 0.2) is 0 Å². The molecule has 2 amide bonds.